The summed E-state index contributed by atoms with van der Waals surface area (Å²) in [6.45, 7) is 18.7. The standard InChI is InChI=1S/C9H16.C7H14.C6H12.C5H10.C2H6O/c1-7-3-9(4-7)5-8(2)6-9;1-6-3-4-7(2)5-6;1-5-3-6(2)4-5;1-4-3-5(4)2;1-3-2/h7-8H,3-6H2,1-2H3;6-7H,3-5H2,1-2H3;5-6H,3-4H2,1-2H3;4-5H,3H2,1-2H3;1-2H3. The maximum atomic E-state index is 4.25. The van der Waals surface area contributed by atoms with E-state index in [2.05, 4.69) is 60.1 Å². The van der Waals surface area contributed by atoms with Crippen molar-refractivity contribution in [2.75, 3.05) is 14.2 Å². The van der Waals surface area contributed by atoms with Crippen molar-refractivity contribution in [2.45, 2.75) is 120 Å². The lowest BCUT2D eigenvalue weighted by atomic mass is 9.49. The van der Waals surface area contributed by atoms with Gasteiger partial charge in [-0.2, -0.15) is 0 Å². The summed E-state index contributed by atoms with van der Waals surface area (Å²) < 4.78 is 4.25. The van der Waals surface area contributed by atoms with Gasteiger partial charge in [0, 0.05) is 14.2 Å². The first-order valence-electron chi connectivity index (χ1n) is 13.4. The Morgan fingerprint density at radius 1 is 0.467 bits per heavy atom. The lowest BCUT2D eigenvalue weighted by molar-refractivity contribution is -0.0549. The third-order valence-corrected chi connectivity index (χ3v) is 8.20. The van der Waals surface area contributed by atoms with Crippen molar-refractivity contribution in [2.24, 2.45) is 52.8 Å². The van der Waals surface area contributed by atoms with E-state index in [0.717, 1.165) is 52.8 Å². The SMILES string of the molecule is CC1CC(C)C1.CC1CC1C.CC1CC2(C1)CC(C)C2.CC1CCC(C)C1.COC. The predicted octanol–water partition coefficient (Wildman–Crippen LogP) is 9.25. The van der Waals surface area contributed by atoms with Crippen LogP contribution in [0, 0.1) is 52.8 Å². The highest BCUT2D eigenvalue weighted by molar-refractivity contribution is 5.00. The second kappa shape index (κ2) is 13.5. The number of ether oxygens (including phenoxy) is 1. The van der Waals surface area contributed by atoms with E-state index < -0.39 is 0 Å². The molecule has 0 aliphatic heterocycles. The van der Waals surface area contributed by atoms with Crippen LogP contribution in [0.4, 0.5) is 0 Å². The molecule has 0 aromatic heterocycles. The molecule has 5 fully saturated rings. The van der Waals surface area contributed by atoms with Gasteiger partial charge in [-0.3, -0.25) is 0 Å². The molecule has 4 atom stereocenters. The number of rotatable bonds is 0. The van der Waals surface area contributed by atoms with E-state index in [4.69, 9.17) is 0 Å². The van der Waals surface area contributed by atoms with Crippen LogP contribution in [-0.2, 0) is 4.74 Å². The molecule has 5 aliphatic rings. The lowest BCUT2D eigenvalue weighted by Gasteiger charge is -2.56. The van der Waals surface area contributed by atoms with Crippen LogP contribution in [0.25, 0.3) is 0 Å². The van der Waals surface area contributed by atoms with Gasteiger partial charge in [0.15, 0.2) is 0 Å². The molecule has 0 heterocycles. The molecule has 0 aromatic carbocycles. The Labute approximate surface area is 191 Å². The molecule has 30 heavy (non-hydrogen) atoms. The first kappa shape index (κ1) is 28.0. The van der Waals surface area contributed by atoms with Gasteiger partial charge in [-0.15, -0.1) is 0 Å². The molecule has 5 aliphatic carbocycles. The van der Waals surface area contributed by atoms with Crippen LogP contribution in [0.5, 0.6) is 0 Å². The first-order valence-corrected chi connectivity index (χ1v) is 13.4. The minimum Gasteiger partial charge on any atom is -0.388 e. The summed E-state index contributed by atoms with van der Waals surface area (Å²) in [4.78, 5) is 0. The fourth-order valence-corrected chi connectivity index (χ4v) is 6.47. The number of hydrogen-bond donors (Lipinski definition) is 0. The fourth-order valence-electron chi connectivity index (χ4n) is 6.47. The van der Waals surface area contributed by atoms with E-state index >= 15 is 0 Å². The summed E-state index contributed by atoms with van der Waals surface area (Å²) in [5.41, 5.74) is 0.888. The molecule has 5 saturated carbocycles. The molecule has 0 radical (unpaired) electrons. The molecule has 0 N–H and O–H groups in total. The third-order valence-electron chi connectivity index (χ3n) is 8.20. The van der Waals surface area contributed by atoms with E-state index in [1.54, 1.807) is 14.2 Å². The van der Waals surface area contributed by atoms with Gasteiger partial charge in [0.1, 0.15) is 0 Å². The van der Waals surface area contributed by atoms with Crippen molar-refractivity contribution < 1.29 is 4.74 Å². The van der Waals surface area contributed by atoms with Crippen molar-refractivity contribution in [3.05, 3.63) is 0 Å². The maximum Gasteiger partial charge on any atom is 0.0351 e. The smallest absolute Gasteiger partial charge is 0.0351 e. The molecular weight excluding hydrogens is 364 g/mol. The summed E-state index contributed by atoms with van der Waals surface area (Å²) in [6.07, 6.45) is 15.0. The molecule has 5 rings (SSSR count). The Morgan fingerprint density at radius 2 is 0.733 bits per heavy atom. The highest BCUT2D eigenvalue weighted by atomic mass is 16.4. The molecule has 1 heteroatoms. The molecule has 1 spiro atoms. The zero-order valence-corrected chi connectivity index (χ0v) is 22.6. The maximum absolute atomic E-state index is 4.25. The third kappa shape index (κ3) is 11.0. The van der Waals surface area contributed by atoms with E-state index in [-0.39, 0.29) is 0 Å². The highest BCUT2D eigenvalue weighted by Crippen LogP contribution is 2.60. The van der Waals surface area contributed by atoms with Gasteiger partial charge in [-0.25, -0.2) is 0 Å². The second-order valence-electron chi connectivity index (χ2n) is 12.8. The largest absolute Gasteiger partial charge is 0.388 e. The van der Waals surface area contributed by atoms with Crippen LogP contribution in [0.2, 0.25) is 0 Å². The van der Waals surface area contributed by atoms with Crippen LogP contribution in [-0.4, -0.2) is 14.2 Å². The molecule has 0 amide bonds. The summed E-state index contributed by atoms with van der Waals surface area (Å²) in [5, 5.41) is 0. The monoisotopic (exact) mass is 422 g/mol. The molecule has 1 nitrogen and oxygen atoms in total. The lowest BCUT2D eigenvalue weighted by Crippen LogP contribution is -2.45. The quantitative estimate of drug-likeness (QED) is 0.378. The van der Waals surface area contributed by atoms with Crippen molar-refractivity contribution in [3.8, 4) is 0 Å². The van der Waals surface area contributed by atoms with Gasteiger partial charge < -0.3 is 4.74 Å². The van der Waals surface area contributed by atoms with Crippen molar-refractivity contribution in [3.63, 3.8) is 0 Å². The van der Waals surface area contributed by atoms with Crippen molar-refractivity contribution in [1.82, 2.24) is 0 Å². The average Bonchev–Trinajstić information content (AvgIpc) is 3.07. The highest BCUT2D eigenvalue weighted by Gasteiger charge is 2.49. The molecule has 0 saturated heterocycles. The Hall–Kier alpha value is -0.0400. The van der Waals surface area contributed by atoms with Crippen LogP contribution in [0.1, 0.15) is 120 Å². The zero-order valence-electron chi connectivity index (χ0n) is 22.6. The fraction of sp³-hybridized carbons (Fsp3) is 1.00. The molecule has 4 unspecified atom stereocenters. The molecular formula is C29H58O. The van der Waals surface area contributed by atoms with Crippen LogP contribution in [0.15, 0.2) is 0 Å². The summed E-state index contributed by atoms with van der Waals surface area (Å²) in [5.74, 6) is 8.34. The van der Waals surface area contributed by atoms with Crippen molar-refractivity contribution >= 4 is 0 Å². The Kier molecular flexibility index (Phi) is 12.6. The van der Waals surface area contributed by atoms with Crippen LogP contribution >= 0.6 is 0 Å². The molecule has 0 bridgehead atoms. The van der Waals surface area contributed by atoms with Gasteiger partial charge in [0.2, 0.25) is 0 Å². The van der Waals surface area contributed by atoms with E-state index in [1.165, 1.54) is 64.2 Å². The summed E-state index contributed by atoms with van der Waals surface area (Å²) in [6, 6.07) is 0. The molecule has 180 valence electrons. The van der Waals surface area contributed by atoms with Gasteiger partial charge in [-0.1, -0.05) is 68.2 Å². The van der Waals surface area contributed by atoms with Gasteiger partial charge in [0.25, 0.3) is 0 Å². The van der Waals surface area contributed by atoms with E-state index in [9.17, 15) is 0 Å². The van der Waals surface area contributed by atoms with Gasteiger partial charge >= 0.3 is 0 Å². The van der Waals surface area contributed by atoms with Crippen LogP contribution < -0.4 is 0 Å². The zero-order chi connectivity index (χ0) is 22.9. The minimum absolute atomic E-state index is 0.888. The Balaban J connectivity index is 0.000000196. The Morgan fingerprint density at radius 3 is 0.833 bits per heavy atom. The number of methoxy groups -OCH3 is 1. The summed E-state index contributed by atoms with van der Waals surface area (Å²) >= 11 is 0. The van der Waals surface area contributed by atoms with E-state index in [1.807, 2.05) is 0 Å². The normalized spacial score (nSPS) is 44.6. The number of hydrogen-bond acceptors (Lipinski definition) is 1. The summed E-state index contributed by atoms with van der Waals surface area (Å²) in [7, 11) is 3.25. The minimum atomic E-state index is 0.888. The van der Waals surface area contributed by atoms with Crippen LogP contribution in [0.3, 0.4) is 0 Å². The van der Waals surface area contributed by atoms with Crippen molar-refractivity contribution in [1.29, 1.82) is 0 Å². The molecule has 0 aromatic rings. The van der Waals surface area contributed by atoms with E-state index in [0.29, 0.717) is 0 Å². The first-order chi connectivity index (χ1) is 14.0. The Bertz CT molecular complexity index is 386. The topological polar surface area (TPSA) is 9.23 Å². The second-order valence-corrected chi connectivity index (χ2v) is 12.8. The van der Waals surface area contributed by atoms with Gasteiger partial charge in [0.05, 0.1) is 0 Å². The average molecular weight is 423 g/mol. The van der Waals surface area contributed by atoms with Gasteiger partial charge in [-0.05, 0) is 104 Å². The predicted molar refractivity (Wildman–Crippen MR) is 135 cm³/mol.